The van der Waals surface area contributed by atoms with E-state index in [2.05, 4.69) is 80.1 Å². The van der Waals surface area contributed by atoms with E-state index < -0.39 is 0 Å². The Morgan fingerprint density at radius 1 is 1.11 bits per heavy atom. The quantitative estimate of drug-likeness (QED) is 0.750. The predicted octanol–water partition coefficient (Wildman–Crippen LogP) is 2.81. The molecule has 0 radical (unpaired) electrons. The second kappa shape index (κ2) is 5.21. The lowest BCUT2D eigenvalue weighted by molar-refractivity contribution is -0.660. The van der Waals surface area contributed by atoms with Crippen molar-refractivity contribution in [1.82, 2.24) is 0 Å². The van der Waals surface area contributed by atoms with Crippen LogP contribution >= 0.6 is 0 Å². The van der Waals surface area contributed by atoms with Gasteiger partial charge in [-0.05, 0) is 30.2 Å². The Balaban J connectivity index is 2.61. The standard InChI is InChI=1S/C16H21N2/c1-5-13-9-10-14(17(2)3)12-15(13)16-8-6-7-11-18(16)4/h6-12H,5H2,1-4H3/q+1. The van der Waals surface area contributed by atoms with Crippen molar-refractivity contribution in [2.24, 2.45) is 7.05 Å². The van der Waals surface area contributed by atoms with Crippen LogP contribution in [0.15, 0.2) is 42.6 Å². The predicted molar refractivity (Wildman–Crippen MR) is 76.8 cm³/mol. The van der Waals surface area contributed by atoms with Crippen LogP contribution in [0.2, 0.25) is 0 Å². The summed E-state index contributed by atoms with van der Waals surface area (Å²) in [5.74, 6) is 0. The van der Waals surface area contributed by atoms with E-state index >= 15 is 0 Å². The molecule has 0 unspecified atom stereocenters. The largest absolute Gasteiger partial charge is 0.378 e. The van der Waals surface area contributed by atoms with E-state index in [-0.39, 0.29) is 0 Å². The molecule has 0 aliphatic heterocycles. The van der Waals surface area contributed by atoms with Crippen molar-refractivity contribution in [3.63, 3.8) is 0 Å². The maximum atomic E-state index is 2.27. The van der Waals surface area contributed by atoms with E-state index in [1.54, 1.807) is 0 Å². The highest BCUT2D eigenvalue weighted by atomic mass is 15.1. The van der Waals surface area contributed by atoms with Crippen molar-refractivity contribution in [3.8, 4) is 11.3 Å². The van der Waals surface area contributed by atoms with E-state index in [0.29, 0.717) is 0 Å². The fraction of sp³-hybridized carbons (Fsp3) is 0.312. The molecule has 0 saturated heterocycles. The third-order valence-electron chi connectivity index (χ3n) is 3.32. The van der Waals surface area contributed by atoms with Gasteiger partial charge in [-0.25, -0.2) is 4.57 Å². The molecule has 2 nitrogen and oxygen atoms in total. The van der Waals surface area contributed by atoms with Gasteiger partial charge in [0.1, 0.15) is 7.05 Å². The van der Waals surface area contributed by atoms with Crippen LogP contribution in [0.1, 0.15) is 12.5 Å². The highest BCUT2D eigenvalue weighted by Gasteiger charge is 2.13. The van der Waals surface area contributed by atoms with E-state index in [1.165, 1.54) is 22.5 Å². The number of benzene rings is 1. The van der Waals surface area contributed by atoms with Crippen LogP contribution in [0.5, 0.6) is 0 Å². The van der Waals surface area contributed by atoms with Gasteiger partial charge in [0.2, 0.25) is 5.69 Å². The highest BCUT2D eigenvalue weighted by Crippen LogP contribution is 2.26. The second-order valence-electron chi connectivity index (χ2n) is 4.79. The zero-order chi connectivity index (χ0) is 13.1. The van der Waals surface area contributed by atoms with Crippen LogP contribution in [0, 0.1) is 0 Å². The van der Waals surface area contributed by atoms with E-state index in [1.807, 2.05) is 0 Å². The molecule has 0 aliphatic rings. The maximum absolute atomic E-state index is 2.27. The van der Waals surface area contributed by atoms with Crippen LogP contribution in [0.3, 0.4) is 0 Å². The first-order valence-corrected chi connectivity index (χ1v) is 6.38. The number of hydrogen-bond acceptors (Lipinski definition) is 1. The molecule has 0 bridgehead atoms. The Morgan fingerprint density at radius 3 is 2.50 bits per heavy atom. The molecule has 0 aliphatic carbocycles. The molecule has 0 fully saturated rings. The first-order chi connectivity index (χ1) is 8.63. The molecule has 0 spiro atoms. The molecule has 1 heterocycles. The molecule has 0 N–H and O–H groups in total. The van der Waals surface area contributed by atoms with Crippen molar-refractivity contribution >= 4 is 5.69 Å². The molecule has 0 saturated carbocycles. The molecule has 2 heteroatoms. The van der Waals surface area contributed by atoms with E-state index in [0.717, 1.165) is 6.42 Å². The summed E-state index contributed by atoms with van der Waals surface area (Å²) in [4.78, 5) is 2.14. The molecule has 18 heavy (non-hydrogen) atoms. The Labute approximate surface area is 110 Å². The second-order valence-corrected chi connectivity index (χ2v) is 4.79. The lowest BCUT2D eigenvalue weighted by Gasteiger charge is -2.15. The minimum absolute atomic E-state index is 1.05. The topological polar surface area (TPSA) is 7.12 Å². The van der Waals surface area contributed by atoms with Gasteiger partial charge in [-0.15, -0.1) is 0 Å². The van der Waals surface area contributed by atoms with Crippen molar-refractivity contribution in [2.75, 3.05) is 19.0 Å². The Hall–Kier alpha value is -1.83. The normalized spacial score (nSPS) is 10.4. The van der Waals surface area contributed by atoms with Gasteiger partial charge in [0.25, 0.3) is 0 Å². The summed E-state index contributed by atoms with van der Waals surface area (Å²) in [6.45, 7) is 2.21. The number of pyridine rings is 1. The molecule has 1 aromatic heterocycles. The minimum atomic E-state index is 1.05. The molecule has 1 aromatic carbocycles. The molecule has 2 aromatic rings. The lowest BCUT2D eigenvalue weighted by atomic mass is 10.0. The Bertz CT molecular complexity index is 545. The van der Waals surface area contributed by atoms with E-state index in [9.17, 15) is 0 Å². The third-order valence-corrected chi connectivity index (χ3v) is 3.32. The van der Waals surface area contributed by atoms with Gasteiger partial charge in [0, 0.05) is 31.9 Å². The average molecular weight is 241 g/mol. The SMILES string of the molecule is CCc1ccc(N(C)C)cc1-c1cccc[n+]1C. The number of hydrogen-bond donors (Lipinski definition) is 0. The molecule has 2 rings (SSSR count). The minimum Gasteiger partial charge on any atom is -0.378 e. The first-order valence-electron chi connectivity index (χ1n) is 6.38. The number of aromatic nitrogens is 1. The zero-order valence-corrected chi connectivity index (χ0v) is 11.6. The van der Waals surface area contributed by atoms with Crippen LogP contribution in [-0.4, -0.2) is 14.1 Å². The lowest BCUT2D eigenvalue weighted by Crippen LogP contribution is -2.30. The Kier molecular flexibility index (Phi) is 3.66. The van der Waals surface area contributed by atoms with Gasteiger partial charge in [-0.1, -0.05) is 13.0 Å². The molecule has 0 atom stereocenters. The summed E-state index contributed by atoms with van der Waals surface area (Å²) < 4.78 is 2.17. The van der Waals surface area contributed by atoms with Gasteiger partial charge >= 0.3 is 0 Å². The summed E-state index contributed by atoms with van der Waals surface area (Å²) >= 11 is 0. The van der Waals surface area contributed by atoms with Crippen molar-refractivity contribution in [1.29, 1.82) is 0 Å². The summed E-state index contributed by atoms with van der Waals surface area (Å²) in [6, 6.07) is 13.0. The highest BCUT2D eigenvalue weighted by molar-refractivity contribution is 5.67. The Morgan fingerprint density at radius 2 is 1.89 bits per heavy atom. The molecule has 94 valence electrons. The third kappa shape index (κ3) is 2.37. The van der Waals surface area contributed by atoms with Gasteiger partial charge < -0.3 is 4.90 Å². The van der Waals surface area contributed by atoms with Gasteiger partial charge in [0.05, 0.1) is 5.56 Å². The van der Waals surface area contributed by atoms with Crippen LogP contribution in [0.4, 0.5) is 5.69 Å². The van der Waals surface area contributed by atoms with Gasteiger partial charge in [-0.2, -0.15) is 0 Å². The molecular weight excluding hydrogens is 220 g/mol. The van der Waals surface area contributed by atoms with Crippen molar-refractivity contribution < 1.29 is 4.57 Å². The monoisotopic (exact) mass is 241 g/mol. The van der Waals surface area contributed by atoms with Gasteiger partial charge in [-0.3, -0.25) is 0 Å². The van der Waals surface area contributed by atoms with Crippen molar-refractivity contribution in [2.45, 2.75) is 13.3 Å². The fourth-order valence-corrected chi connectivity index (χ4v) is 2.19. The molecule has 0 amide bonds. The average Bonchev–Trinajstić information content (AvgIpc) is 2.38. The number of aryl methyl sites for hydroxylation is 2. The first kappa shape index (κ1) is 12.6. The number of rotatable bonds is 3. The summed E-state index contributed by atoms with van der Waals surface area (Å²) in [6.07, 6.45) is 3.15. The fourth-order valence-electron chi connectivity index (χ4n) is 2.19. The van der Waals surface area contributed by atoms with E-state index in [4.69, 9.17) is 0 Å². The number of anilines is 1. The summed E-state index contributed by atoms with van der Waals surface area (Å²) in [7, 11) is 6.25. The van der Waals surface area contributed by atoms with Crippen LogP contribution in [0.25, 0.3) is 11.3 Å². The maximum Gasteiger partial charge on any atom is 0.212 e. The van der Waals surface area contributed by atoms with Crippen LogP contribution < -0.4 is 9.47 Å². The van der Waals surface area contributed by atoms with Gasteiger partial charge in [0.15, 0.2) is 6.20 Å². The summed E-state index contributed by atoms with van der Waals surface area (Å²) in [5, 5.41) is 0. The smallest absolute Gasteiger partial charge is 0.212 e. The zero-order valence-electron chi connectivity index (χ0n) is 11.6. The molecular formula is C16H21N2+. The number of nitrogens with zero attached hydrogens (tertiary/aromatic N) is 2. The summed E-state index contributed by atoms with van der Waals surface area (Å²) in [5.41, 5.74) is 5.22. The van der Waals surface area contributed by atoms with Crippen LogP contribution in [-0.2, 0) is 13.5 Å². The van der Waals surface area contributed by atoms with Crippen molar-refractivity contribution in [3.05, 3.63) is 48.2 Å².